The summed E-state index contributed by atoms with van der Waals surface area (Å²) < 4.78 is 0. The van der Waals surface area contributed by atoms with Crippen LogP contribution in [0.1, 0.15) is 5.56 Å². The Kier molecular flexibility index (Phi) is 1.78. The van der Waals surface area contributed by atoms with Gasteiger partial charge in [-0.3, -0.25) is 9.69 Å². The second-order valence-electron chi connectivity index (χ2n) is 2.44. The molecule has 1 aliphatic rings. The van der Waals surface area contributed by atoms with E-state index in [0.29, 0.717) is 5.82 Å². The fraction of sp³-hybridized carbons (Fsp3) is 0. The number of anilines is 1. The number of pyridine rings is 1. The summed E-state index contributed by atoms with van der Waals surface area (Å²) in [5.74, 6) is 0.690. The van der Waals surface area contributed by atoms with E-state index < -0.39 is 0 Å². The molecule has 0 N–H and O–H groups in total. The van der Waals surface area contributed by atoms with Crippen molar-refractivity contribution in [2.45, 2.75) is 0 Å². The van der Waals surface area contributed by atoms with Crippen molar-refractivity contribution in [3.05, 3.63) is 43.3 Å². The minimum atomic E-state index is 0.690. The lowest BCUT2D eigenvalue weighted by Gasteiger charge is -2.22. The molecule has 0 fully saturated rings. The van der Waals surface area contributed by atoms with Crippen molar-refractivity contribution in [3.8, 4) is 0 Å². The number of rotatable bonds is 1. The fourth-order valence-corrected chi connectivity index (χ4v) is 1.15. The van der Waals surface area contributed by atoms with Crippen molar-refractivity contribution in [1.29, 1.82) is 0 Å². The normalized spacial score (nSPS) is 15.5. The number of hydrogen-bond acceptors (Lipinski definition) is 2. The predicted octanol–water partition coefficient (Wildman–Crippen LogP) is 0.976. The zero-order valence-electron chi connectivity index (χ0n) is 6.34. The van der Waals surface area contributed by atoms with Gasteiger partial charge in [-0.1, -0.05) is 6.07 Å². The quantitative estimate of drug-likeness (QED) is 0.572. The lowest BCUT2D eigenvalue weighted by molar-refractivity contribution is -0.107. The summed E-state index contributed by atoms with van der Waals surface area (Å²) in [6.07, 6.45) is 6.15. The van der Waals surface area contributed by atoms with E-state index in [-0.39, 0.29) is 0 Å². The molecule has 0 aliphatic carbocycles. The van der Waals surface area contributed by atoms with Gasteiger partial charge < -0.3 is 0 Å². The second kappa shape index (κ2) is 2.93. The van der Waals surface area contributed by atoms with E-state index in [4.69, 9.17) is 0 Å². The zero-order chi connectivity index (χ0) is 8.39. The summed E-state index contributed by atoms with van der Waals surface area (Å²) in [4.78, 5) is 16.1. The number of nitrogens with zero attached hydrogens (tertiary/aromatic N) is 2. The molecule has 2 rings (SSSR count). The minimum Gasteiger partial charge on any atom is -0.294 e. The Hall–Kier alpha value is -1.38. The first-order chi connectivity index (χ1) is 5.92. The Morgan fingerprint density at radius 3 is 3.25 bits per heavy atom. The maximum absolute atomic E-state index is 10.5. The van der Waals surface area contributed by atoms with Crippen LogP contribution in [0.2, 0.25) is 0 Å². The Balaban J connectivity index is 2.43. The van der Waals surface area contributed by atoms with Gasteiger partial charge in [0.05, 0.1) is 6.54 Å². The van der Waals surface area contributed by atoms with Crippen LogP contribution in [0, 0.1) is 19.4 Å². The maximum atomic E-state index is 10.5. The third kappa shape index (κ3) is 1.07. The SMILES string of the molecule is O=CN1[CH][CH][CH]c2cccnc21. The highest BCUT2D eigenvalue weighted by Crippen LogP contribution is 2.25. The van der Waals surface area contributed by atoms with Gasteiger partial charge in [0.1, 0.15) is 5.82 Å². The van der Waals surface area contributed by atoms with E-state index >= 15 is 0 Å². The highest BCUT2D eigenvalue weighted by molar-refractivity contribution is 5.79. The Labute approximate surface area is 71.0 Å². The molecule has 0 aromatic carbocycles. The lowest BCUT2D eigenvalue weighted by atomic mass is 10.1. The van der Waals surface area contributed by atoms with Gasteiger partial charge >= 0.3 is 0 Å². The van der Waals surface area contributed by atoms with Crippen LogP contribution < -0.4 is 4.90 Å². The molecule has 1 aromatic rings. The molecule has 0 spiro atoms. The van der Waals surface area contributed by atoms with E-state index in [2.05, 4.69) is 4.98 Å². The third-order valence-electron chi connectivity index (χ3n) is 1.70. The average molecular weight is 159 g/mol. The van der Waals surface area contributed by atoms with Crippen molar-refractivity contribution >= 4 is 12.2 Å². The molecule has 0 atom stereocenters. The molecule has 1 amide bonds. The zero-order valence-corrected chi connectivity index (χ0v) is 6.34. The van der Waals surface area contributed by atoms with Crippen LogP contribution >= 0.6 is 0 Å². The molecule has 1 aromatic heterocycles. The minimum absolute atomic E-state index is 0.690. The molecule has 2 heterocycles. The van der Waals surface area contributed by atoms with Crippen LogP contribution in [0.25, 0.3) is 0 Å². The molecule has 12 heavy (non-hydrogen) atoms. The summed E-state index contributed by atoms with van der Waals surface area (Å²) in [6.45, 7) is 1.68. The highest BCUT2D eigenvalue weighted by Gasteiger charge is 2.16. The predicted molar refractivity (Wildman–Crippen MR) is 44.8 cm³/mol. The Bertz CT molecular complexity index is 298. The Morgan fingerprint density at radius 2 is 2.42 bits per heavy atom. The maximum Gasteiger partial charge on any atom is 0.215 e. The smallest absolute Gasteiger partial charge is 0.215 e. The molecular formula is C9H7N2O. The molecule has 3 heteroatoms. The van der Waals surface area contributed by atoms with Crippen LogP contribution in [0.4, 0.5) is 5.82 Å². The summed E-state index contributed by atoms with van der Waals surface area (Å²) in [5, 5.41) is 0. The van der Waals surface area contributed by atoms with Gasteiger partial charge in [-0.2, -0.15) is 0 Å². The van der Waals surface area contributed by atoms with E-state index in [9.17, 15) is 4.79 Å². The van der Waals surface area contributed by atoms with Gasteiger partial charge in [-0.25, -0.2) is 4.98 Å². The first-order valence-electron chi connectivity index (χ1n) is 3.62. The van der Waals surface area contributed by atoms with Crippen molar-refractivity contribution < 1.29 is 4.79 Å². The fourth-order valence-electron chi connectivity index (χ4n) is 1.15. The van der Waals surface area contributed by atoms with Crippen LogP contribution in [0.15, 0.2) is 18.3 Å². The van der Waals surface area contributed by atoms with Crippen LogP contribution in [-0.4, -0.2) is 11.4 Å². The van der Waals surface area contributed by atoms with Gasteiger partial charge in [0, 0.05) is 12.6 Å². The molecular weight excluding hydrogens is 152 g/mol. The van der Waals surface area contributed by atoms with Crippen LogP contribution in [0.5, 0.6) is 0 Å². The average Bonchev–Trinajstić information content (AvgIpc) is 2.17. The number of fused-ring (bicyclic) bond motifs is 1. The third-order valence-corrected chi connectivity index (χ3v) is 1.70. The largest absolute Gasteiger partial charge is 0.294 e. The van der Waals surface area contributed by atoms with E-state index in [1.54, 1.807) is 12.7 Å². The second-order valence-corrected chi connectivity index (χ2v) is 2.44. The monoisotopic (exact) mass is 159 g/mol. The first kappa shape index (κ1) is 7.28. The van der Waals surface area contributed by atoms with Gasteiger partial charge in [0.25, 0.3) is 0 Å². The molecule has 0 bridgehead atoms. The van der Waals surface area contributed by atoms with E-state index in [1.807, 2.05) is 25.0 Å². The van der Waals surface area contributed by atoms with Crippen LogP contribution in [0.3, 0.4) is 0 Å². The van der Waals surface area contributed by atoms with E-state index in [1.165, 1.54) is 4.90 Å². The Morgan fingerprint density at radius 1 is 1.50 bits per heavy atom. The summed E-state index contributed by atoms with van der Waals surface area (Å²) >= 11 is 0. The van der Waals surface area contributed by atoms with Crippen molar-refractivity contribution in [1.82, 2.24) is 4.98 Å². The summed E-state index contributed by atoms with van der Waals surface area (Å²) in [7, 11) is 0. The molecule has 59 valence electrons. The number of aromatic nitrogens is 1. The van der Waals surface area contributed by atoms with Gasteiger partial charge in [-0.15, -0.1) is 0 Å². The highest BCUT2D eigenvalue weighted by atomic mass is 16.1. The van der Waals surface area contributed by atoms with Crippen molar-refractivity contribution in [2.24, 2.45) is 0 Å². The molecule has 3 nitrogen and oxygen atoms in total. The van der Waals surface area contributed by atoms with Crippen molar-refractivity contribution in [3.63, 3.8) is 0 Å². The molecule has 0 saturated carbocycles. The van der Waals surface area contributed by atoms with Gasteiger partial charge in [0.15, 0.2) is 0 Å². The molecule has 3 radical (unpaired) electrons. The number of carbonyl (C=O) groups is 1. The molecule has 1 aliphatic heterocycles. The standard InChI is InChI=1S/C9H7N2O/c12-7-11-6-2-4-8-3-1-5-10-9(8)11/h1-7H. The van der Waals surface area contributed by atoms with Gasteiger partial charge in [-0.05, 0) is 18.1 Å². The molecule has 0 saturated heterocycles. The summed E-state index contributed by atoms with van der Waals surface area (Å²) in [5.41, 5.74) is 0.965. The summed E-state index contributed by atoms with van der Waals surface area (Å²) in [6, 6.07) is 3.76. The number of amides is 1. The lowest BCUT2D eigenvalue weighted by Crippen LogP contribution is -2.23. The topological polar surface area (TPSA) is 33.2 Å². The van der Waals surface area contributed by atoms with Crippen molar-refractivity contribution in [2.75, 3.05) is 4.90 Å². The van der Waals surface area contributed by atoms with Gasteiger partial charge in [0.2, 0.25) is 6.41 Å². The molecule has 0 unspecified atom stereocenters. The number of carbonyl (C=O) groups excluding carboxylic acids is 1. The van der Waals surface area contributed by atoms with Crippen LogP contribution in [-0.2, 0) is 4.79 Å². The first-order valence-corrected chi connectivity index (χ1v) is 3.62. The van der Waals surface area contributed by atoms with E-state index in [0.717, 1.165) is 12.0 Å². The number of hydrogen-bond donors (Lipinski definition) is 0.